The normalized spacial score (nSPS) is 12.2. The lowest BCUT2D eigenvalue weighted by Crippen LogP contribution is -2.53. The number of benzene rings is 2. The monoisotopic (exact) mass is 523 g/mol. The van der Waals surface area contributed by atoms with Crippen LogP contribution in [-0.2, 0) is 26.2 Å². The van der Waals surface area contributed by atoms with Crippen molar-refractivity contribution in [3.63, 3.8) is 0 Å². The highest BCUT2D eigenvalue weighted by Crippen LogP contribution is 2.30. The van der Waals surface area contributed by atoms with Gasteiger partial charge in [-0.2, -0.15) is 0 Å². The van der Waals surface area contributed by atoms with E-state index < -0.39 is 28.5 Å². The molecule has 0 aliphatic rings. The molecule has 1 unspecified atom stereocenters. The van der Waals surface area contributed by atoms with Gasteiger partial charge in [0.2, 0.25) is 21.8 Å². The number of rotatable bonds is 11. The number of anilines is 1. The van der Waals surface area contributed by atoms with Gasteiger partial charge in [0.05, 0.1) is 24.1 Å². The van der Waals surface area contributed by atoms with E-state index in [1.54, 1.807) is 0 Å². The number of carbonyl (C=O) groups excluding carboxylic acids is 2. The molecule has 2 aromatic rings. The first-order chi connectivity index (χ1) is 16.4. The molecule has 0 heterocycles. The fourth-order valence-corrected chi connectivity index (χ4v) is 4.82. The maximum atomic E-state index is 13.6. The zero-order valence-corrected chi connectivity index (χ0v) is 22.6. The summed E-state index contributed by atoms with van der Waals surface area (Å²) in [7, 11) is -2.39. The van der Waals surface area contributed by atoms with Crippen molar-refractivity contribution in [2.24, 2.45) is 0 Å². The Balaban J connectivity index is 2.47. The Kier molecular flexibility index (Phi) is 9.97. The Bertz CT molecular complexity index is 1150. The Morgan fingerprint density at radius 2 is 1.83 bits per heavy atom. The molecule has 1 N–H and O–H groups in total. The summed E-state index contributed by atoms with van der Waals surface area (Å²) in [5.41, 5.74) is 2.08. The number of halogens is 1. The van der Waals surface area contributed by atoms with Crippen LogP contribution in [0.25, 0.3) is 0 Å². The van der Waals surface area contributed by atoms with Gasteiger partial charge in [-0.1, -0.05) is 48.4 Å². The Labute approximate surface area is 213 Å². The molecule has 0 aromatic heterocycles. The van der Waals surface area contributed by atoms with Gasteiger partial charge in [-0.05, 0) is 51.0 Å². The molecular formula is C25H34ClN3O5S. The molecule has 0 aliphatic heterocycles. The van der Waals surface area contributed by atoms with Crippen LogP contribution in [-0.4, -0.2) is 57.1 Å². The molecule has 0 bridgehead atoms. The summed E-state index contributed by atoms with van der Waals surface area (Å²) in [6.45, 7) is 7.12. The van der Waals surface area contributed by atoms with E-state index in [2.05, 4.69) is 5.32 Å². The predicted molar refractivity (Wildman–Crippen MR) is 139 cm³/mol. The number of methoxy groups -OCH3 is 1. The van der Waals surface area contributed by atoms with Gasteiger partial charge >= 0.3 is 0 Å². The number of aryl methyl sites for hydroxylation is 1. The van der Waals surface area contributed by atoms with E-state index in [0.29, 0.717) is 12.2 Å². The molecule has 2 aromatic carbocycles. The van der Waals surface area contributed by atoms with Gasteiger partial charge in [-0.15, -0.1) is 0 Å². The van der Waals surface area contributed by atoms with Gasteiger partial charge < -0.3 is 15.0 Å². The minimum absolute atomic E-state index is 0.110. The van der Waals surface area contributed by atoms with Crippen LogP contribution in [0.5, 0.6) is 5.75 Å². The van der Waals surface area contributed by atoms with Crippen molar-refractivity contribution in [3.8, 4) is 5.75 Å². The van der Waals surface area contributed by atoms with Crippen LogP contribution in [0, 0.1) is 6.92 Å². The Morgan fingerprint density at radius 1 is 1.14 bits per heavy atom. The summed E-state index contributed by atoms with van der Waals surface area (Å²) >= 11 is 6.21. The van der Waals surface area contributed by atoms with E-state index in [0.717, 1.165) is 21.7 Å². The van der Waals surface area contributed by atoms with Crippen LogP contribution in [0.2, 0.25) is 5.02 Å². The van der Waals surface area contributed by atoms with Crippen LogP contribution in [0.4, 0.5) is 5.69 Å². The lowest BCUT2D eigenvalue weighted by Gasteiger charge is -2.33. The molecule has 8 nitrogen and oxygen atoms in total. The zero-order valence-electron chi connectivity index (χ0n) is 21.0. The first-order valence-electron chi connectivity index (χ1n) is 11.3. The number of hydrogen-bond donors (Lipinski definition) is 1. The molecule has 1 atom stereocenters. The second-order valence-electron chi connectivity index (χ2n) is 8.69. The van der Waals surface area contributed by atoms with Gasteiger partial charge in [0.25, 0.3) is 0 Å². The zero-order chi connectivity index (χ0) is 26.3. The smallest absolute Gasteiger partial charge is 0.244 e. The van der Waals surface area contributed by atoms with E-state index in [1.165, 1.54) is 30.2 Å². The number of ether oxygens (including phenoxy) is 1. The van der Waals surface area contributed by atoms with Gasteiger partial charge in [0.15, 0.2) is 0 Å². The van der Waals surface area contributed by atoms with E-state index in [4.69, 9.17) is 16.3 Å². The number of amides is 2. The van der Waals surface area contributed by atoms with E-state index in [1.807, 2.05) is 52.0 Å². The summed E-state index contributed by atoms with van der Waals surface area (Å²) in [6, 6.07) is 11.2. The van der Waals surface area contributed by atoms with Crippen molar-refractivity contribution < 1.29 is 22.7 Å². The lowest BCUT2D eigenvalue weighted by atomic mass is 10.1. The largest absolute Gasteiger partial charge is 0.495 e. The molecule has 10 heteroatoms. The predicted octanol–water partition coefficient (Wildman–Crippen LogP) is 3.76. The molecule has 192 valence electrons. The molecule has 0 saturated heterocycles. The maximum Gasteiger partial charge on any atom is 0.244 e. The first kappa shape index (κ1) is 28.5. The molecule has 35 heavy (non-hydrogen) atoms. The van der Waals surface area contributed by atoms with E-state index >= 15 is 0 Å². The average Bonchev–Trinajstić information content (AvgIpc) is 2.75. The summed E-state index contributed by atoms with van der Waals surface area (Å²) in [5, 5.41) is 3.08. The third kappa shape index (κ3) is 7.86. The third-order valence-electron chi connectivity index (χ3n) is 5.35. The SMILES string of the molecule is CCC(C(=O)NC(C)C)N(Cc1cccc(C)c1)C(=O)CN(c1ccc(OC)c(Cl)c1)S(C)(=O)=O. The van der Waals surface area contributed by atoms with Gasteiger partial charge in [0, 0.05) is 12.6 Å². The van der Waals surface area contributed by atoms with Crippen LogP contribution in [0.1, 0.15) is 38.3 Å². The van der Waals surface area contributed by atoms with Crippen molar-refractivity contribution in [2.45, 2.75) is 52.7 Å². The van der Waals surface area contributed by atoms with E-state index in [-0.39, 0.29) is 29.2 Å². The Hall–Kier alpha value is -2.78. The highest BCUT2D eigenvalue weighted by atomic mass is 35.5. The van der Waals surface area contributed by atoms with Crippen LogP contribution in [0.15, 0.2) is 42.5 Å². The number of carbonyl (C=O) groups is 2. The van der Waals surface area contributed by atoms with Crippen LogP contribution >= 0.6 is 11.6 Å². The molecule has 0 aliphatic carbocycles. The number of nitrogens with zero attached hydrogens (tertiary/aromatic N) is 2. The number of nitrogens with one attached hydrogen (secondary N) is 1. The van der Waals surface area contributed by atoms with Crippen LogP contribution in [0.3, 0.4) is 0 Å². The molecule has 2 amide bonds. The first-order valence-corrected chi connectivity index (χ1v) is 13.6. The van der Waals surface area contributed by atoms with Gasteiger partial charge in [-0.3, -0.25) is 13.9 Å². The highest BCUT2D eigenvalue weighted by Gasteiger charge is 2.32. The minimum atomic E-state index is -3.85. The van der Waals surface area contributed by atoms with Crippen LogP contribution < -0.4 is 14.4 Å². The maximum absolute atomic E-state index is 13.6. The standard InChI is InChI=1S/C25H34ClN3O5S/c1-7-22(25(31)27-17(2)3)28(15-19-10-8-9-18(4)13-19)24(30)16-29(35(6,32)33)20-11-12-23(34-5)21(26)14-20/h8-14,17,22H,7,15-16H2,1-6H3,(H,27,31). The molecule has 0 saturated carbocycles. The molecule has 2 rings (SSSR count). The molecule has 0 radical (unpaired) electrons. The topological polar surface area (TPSA) is 96.0 Å². The molecule has 0 fully saturated rings. The number of hydrogen-bond acceptors (Lipinski definition) is 5. The third-order valence-corrected chi connectivity index (χ3v) is 6.79. The van der Waals surface area contributed by atoms with Crippen molar-refractivity contribution in [1.82, 2.24) is 10.2 Å². The highest BCUT2D eigenvalue weighted by molar-refractivity contribution is 7.92. The number of sulfonamides is 1. The second-order valence-corrected chi connectivity index (χ2v) is 11.0. The van der Waals surface area contributed by atoms with Crippen molar-refractivity contribution in [3.05, 3.63) is 58.6 Å². The average molecular weight is 524 g/mol. The summed E-state index contributed by atoms with van der Waals surface area (Å²) < 4.78 is 31.5. The summed E-state index contributed by atoms with van der Waals surface area (Å²) in [5.74, 6) is -0.413. The van der Waals surface area contributed by atoms with E-state index in [9.17, 15) is 18.0 Å². The van der Waals surface area contributed by atoms with Gasteiger partial charge in [-0.25, -0.2) is 8.42 Å². The van der Waals surface area contributed by atoms with Gasteiger partial charge in [0.1, 0.15) is 18.3 Å². The quantitative estimate of drug-likeness (QED) is 0.484. The summed E-state index contributed by atoms with van der Waals surface area (Å²) in [6.07, 6.45) is 1.38. The fraction of sp³-hybridized carbons (Fsp3) is 0.440. The lowest BCUT2D eigenvalue weighted by molar-refractivity contribution is -0.140. The summed E-state index contributed by atoms with van der Waals surface area (Å²) in [4.78, 5) is 28.1. The molecule has 0 spiro atoms. The minimum Gasteiger partial charge on any atom is -0.495 e. The molecular weight excluding hydrogens is 490 g/mol. The van der Waals surface area contributed by atoms with Crippen molar-refractivity contribution >= 4 is 39.1 Å². The second kappa shape index (κ2) is 12.3. The van der Waals surface area contributed by atoms with Crippen molar-refractivity contribution in [1.29, 1.82) is 0 Å². The Morgan fingerprint density at radius 3 is 2.34 bits per heavy atom. The van der Waals surface area contributed by atoms with Crippen molar-refractivity contribution in [2.75, 3.05) is 24.2 Å². The fourth-order valence-electron chi connectivity index (χ4n) is 3.73.